The van der Waals surface area contributed by atoms with Gasteiger partial charge in [-0.05, 0) is 57.5 Å². The van der Waals surface area contributed by atoms with Crippen LogP contribution in [-0.4, -0.2) is 37.9 Å². The minimum Gasteiger partial charge on any atom is -0.461 e. The highest BCUT2D eigenvalue weighted by Gasteiger charge is 2.22. The van der Waals surface area contributed by atoms with E-state index in [1.165, 1.54) is 12.8 Å². The zero-order valence-corrected chi connectivity index (χ0v) is 11.3. The largest absolute Gasteiger partial charge is 0.461 e. The average molecular weight is 255 g/mol. The Balaban J connectivity index is 1.59. The summed E-state index contributed by atoms with van der Waals surface area (Å²) in [4.78, 5) is 11.7. The minimum atomic E-state index is -0.187. The second-order valence-corrected chi connectivity index (χ2v) is 5.63. The van der Waals surface area contributed by atoms with Crippen LogP contribution in [0.4, 0.5) is 0 Å². The van der Waals surface area contributed by atoms with Gasteiger partial charge in [-0.2, -0.15) is 0 Å². The molecule has 4 nitrogen and oxygen atoms in total. The van der Waals surface area contributed by atoms with Crippen LogP contribution >= 0.6 is 0 Å². The predicted molar refractivity (Wildman–Crippen MR) is 69.4 cm³/mol. The minimum absolute atomic E-state index is 0.122. The van der Waals surface area contributed by atoms with Crippen molar-refractivity contribution in [3.8, 4) is 0 Å². The van der Waals surface area contributed by atoms with Crippen molar-refractivity contribution < 1.29 is 14.3 Å². The van der Waals surface area contributed by atoms with E-state index in [-0.39, 0.29) is 24.8 Å². The second kappa shape index (κ2) is 7.10. The number of hydrogen-bond donors (Lipinski definition) is 1. The zero-order chi connectivity index (χ0) is 12.8. The van der Waals surface area contributed by atoms with Gasteiger partial charge >= 0.3 is 5.97 Å². The molecule has 0 amide bonds. The molecule has 4 heteroatoms. The maximum absolute atomic E-state index is 11.7. The van der Waals surface area contributed by atoms with E-state index in [0.717, 1.165) is 44.7 Å². The van der Waals surface area contributed by atoms with E-state index in [9.17, 15) is 4.79 Å². The van der Waals surface area contributed by atoms with Gasteiger partial charge in [-0.1, -0.05) is 6.92 Å². The summed E-state index contributed by atoms with van der Waals surface area (Å²) in [6.07, 6.45) is 6.72. The first-order valence-electron chi connectivity index (χ1n) is 7.26. The molecule has 0 aromatic carbocycles. The monoisotopic (exact) mass is 255 g/mol. The van der Waals surface area contributed by atoms with Gasteiger partial charge in [0.2, 0.25) is 0 Å². The van der Waals surface area contributed by atoms with Gasteiger partial charge < -0.3 is 14.8 Å². The third-order valence-electron chi connectivity index (χ3n) is 3.98. The van der Waals surface area contributed by atoms with Crippen molar-refractivity contribution in [3.63, 3.8) is 0 Å². The number of rotatable bonds is 4. The summed E-state index contributed by atoms with van der Waals surface area (Å²) in [7, 11) is 0. The van der Waals surface area contributed by atoms with Crippen LogP contribution in [0, 0.1) is 5.92 Å². The van der Waals surface area contributed by atoms with Crippen LogP contribution in [0.25, 0.3) is 0 Å². The van der Waals surface area contributed by atoms with Crippen molar-refractivity contribution in [1.82, 2.24) is 5.32 Å². The van der Waals surface area contributed by atoms with E-state index in [1.807, 2.05) is 0 Å². The standard InChI is InChI=1S/C14H25NO3/c1-11-2-4-13(5-3-11)18-14(16)10-17-12-6-8-15-9-7-12/h11-13,15H,2-10H2,1H3. The van der Waals surface area contributed by atoms with Crippen molar-refractivity contribution in [2.75, 3.05) is 19.7 Å². The number of carbonyl (C=O) groups excluding carboxylic acids is 1. The van der Waals surface area contributed by atoms with Crippen LogP contribution in [0.15, 0.2) is 0 Å². The van der Waals surface area contributed by atoms with Crippen molar-refractivity contribution in [2.24, 2.45) is 5.92 Å². The fourth-order valence-electron chi connectivity index (χ4n) is 2.72. The zero-order valence-electron chi connectivity index (χ0n) is 11.3. The highest BCUT2D eigenvalue weighted by molar-refractivity contribution is 5.70. The summed E-state index contributed by atoms with van der Waals surface area (Å²) in [6.45, 7) is 4.36. The number of carbonyl (C=O) groups is 1. The van der Waals surface area contributed by atoms with Crippen molar-refractivity contribution in [3.05, 3.63) is 0 Å². The van der Waals surface area contributed by atoms with Crippen LogP contribution in [0.3, 0.4) is 0 Å². The molecule has 0 radical (unpaired) electrons. The first-order valence-corrected chi connectivity index (χ1v) is 7.26. The highest BCUT2D eigenvalue weighted by atomic mass is 16.6. The molecular weight excluding hydrogens is 230 g/mol. The van der Waals surface area contributed by atoms with E-state index in [4.69, 9.17) is 9.47 Å². The second-order valence-electron chi connectivity index (χ2n) is 5.63. The lowest BCUT2D eigenvalue weighted by atomic mass is 9.89. The lowest BCUT2D eigenvalue weighted by Gasteiger charge is -2.27. The van der Waals surface area contributed by atoms with Crippen molar-refractivity contribution in [1.29, 1.82) is 0 Å². The van der Waals surface area contributed by atoms with Gasteiger partial charge in [0, 0.05) is 0 Å². The molecule has 1 saturated heterocycles. The number of esters is 1. The topological polar surface area (TPSA) is 47.6 Å². The Morgan fingerprint density at radius 2 is 1.72 bits per heavy atom. The molecule has 0 aromatic heterocycles. The predicted octanol–water partition coefficient (Wildman–Crippen LogP) is 1.88. The molecule has 0 unspecified atom stereocenters. The Labute approximate surface area is 109 Å². The normalized spacial score (nSPS) is 30.1. The third kappa shape index (κ3) is 4.58. The van der Waals surface area contributed by atoms with Crippen LogP contribution in [0.2, 0.25) is 0 Å². The molecule has 1 N–H and O–H groups in total. The number of hydrogen-bond acceptors (Lipinski definition) is 4. The van der Waals surface area contributed by atoms with E-state index in [1.54, 1.807) is 0 Å². The fraction of sp³-hybridized carbons (Fsp3) is 0.929. The summed E-state index contributed by atoms with van der Waals surface area (Å²) in [5.74, 6) is 0.596. The van der Waals surface area contributed by atoms with Gasteiger partial charge in [0.05, 0.1) is 6.10 Å². The third-order valence-corrected chi connectivity index (χ3v) is 3.98. The quantitative estimate of drug-likeness (QED) is 0.779. The lowest BCUT2D eigenvalue weighted by molar-refractivity contribution is -0.158. The molecule has 0 atom stereocenters. The molecule has 1 saturated carbocycles. The molecule has 2 aliphatic rings. The van der Waals surface area contributed by atoms with Crippen LogP contribution in [0.1, 0.15) is 45.4 Å². The number of piperidine rings is 1. The van der Waals surface area contributed by atoms with E-state index >= 15 is 0 Å². The van der Waals surface area contributed by atoms with Gasteiger partial charge in [-0.15, -0.1) is 0 Å². The summed E-state index contributed by atoms with van der Waals surface area (Å²) in [6, 6.07) is 0. The van der Waals surface area contributed by atoms with Crippen LogP contribution in [0.5, 0.6) is 0 Å². The Morgan fingerprint density at radius 1 is 1.06 bits per heavy atom. The Kier molecular flexibility index (Phi) is 5.45. The maximum atomic E-state index is 11.7. The fourth-order valence-corrected chi connectivity index (χ4v) is 2.72. The summed E-state index contributed by atoms with van der Waals surface area (Å²) in [5, 5.41) is 3.28. The van der Waals surface area contributed by atoms with Gasteiger partial charge in [0.25, 0.3) is 0 Å². The maximum Gasteiger partial charge on any atom is 0.332 e. The molecule has 2 fully saturated rings. The first kappa shape index (κ1) is 13.8. The molecule has 0 spiro atoms. The molecule has 0 bridgehead atoms. The summed E-state index contributed by atoms with van der Waals surface area (Å²) < 4.78 is 11.0. The summed E-state index contributed by atoms with van der Waals surface area (Å²) in [5.41, 5.74) is 0. The average Bonchev–Trinajstić information content (AvgIpc) is 2.40. The van der Waals surface area contributed by atoms with Crippen LogP contribution < -0.4 is 5.32 Å². The Hall–Kier alpha value is -0.610. The smallest absolute Gasteiger partial charge is 0.332 e. The molecule has 2 rings (SSSR count). The first-order chi connectivity index (χ1) is 8.74. The Bertz CT molecular complexity index is 256. The SMILES string of the molecule is CC1CCC(OC(=O)COC2CCNCC2)CC1. The van der Waals surface area contributed by atoms with Crippen molar-refractivity contribution >= 4 is 5.97 Å². The lowest BCUT2D eigenvalue weighted by Crippen LogP contribution is -2.34. The van der Waals surface area contributed by atoms with Gasteiger partial charge in [0.15, 0.2) is 0 Å². The summed E-state index contributed by atoms with van der Waals surface area (Å²) >= 11 is 0. The Morgan fingerprint density at radius 3 is 2.39 bits per heavy atom. The van der Waals surface area contributed by atoms with E-state index in [0.29, 0.717) is 0 Å². The highest BCUT2D eigenvalue weighted by Crippen LogP contribution is 2.25. The van der Waals surface area contributed by atoms with Gasteiger partial charge in [0.1, 0.15) is 12.7 Å². The van der Waals surface area contributed by atoms with Crippen molar-refractivity contribution in [2.45, 2.75) is 57.7 Å². The van der Waals surface area contributed by atoms with Gasteiger partial charge in [-0.3, -0.25) is 0 Å². The molecule has 1 heterocycles. The van der Waals surface area contributed by atoms with Crippen LogP contribution in [-0.2, 0) is 14.3 Å². The number of nitrogens with one attached hydrogen (secondary N) is 1. The van der Waals surface area contributed by atoms with Gasteiger partial charge in [-0.25, -0.2) is 4.79 Å². The molecular formula is C14H25NO3. The number of ether oxygens (including phenoxy) is 2. The van der Waals surface area contributed by atoms with E-state index in [2.05, 4.69) is 12.2 Å². The molecule has 1 aliphatic heterocycles. The molecule has 104 valence electrons. The van der Waals surface area contributed by atoms with E-state index < -0.39 is 0 Å². The molecule has 0 aromatic rings. The molecule has 1 aliphatic carbocycles. The molecule has 18 heavy (non-hydrogen) atoms.